The van der Waals surface area contributed by atoms with Crippen molar-refractivity contribution < 1.29 is 19.1 Å². The molecule has 268 valence electrons. The van der Waals surface area contributed by atoms with Crippen LogP contribution in [0.2, 0.25) is 0 Å². The predicted molar refractivity (Wildman–Crippen MR) is 201 cm³/mol. The smallest absolute Gasteiger partial charge is 0.305 e. The molecule has 0 amide bonds. The average molecular weight is 655 g/mol. The second kappa shape index (κ2) is 25.5. The lowest BCUT2D eigenvalue weighted by Crippen LogP contribution is -2.23. The molecule has 0 N–H and O–H groups in total. The maximum Gasteiger partial charge on any atom is 0.305 e. The van der Waals surface area contributed by atoms with Crippen LogP contribution in [0.15, 0.2) is 28.2 Å². The lowest BCUT2D eigenvalue weighted by atomic mass is 9.96. The van der Waals surface area contributed by atoms with Crippen molar-refractivity contribution in [2.75, 3.05) is 13.2 Å². The molecule has 0 spiro atoms. The van der Waals surface area contributed by atoms with E-state index in [4.69, 9.17) is 14.5 Å². The first-order valence-corrected chi connectivity index (χ1v) is 19.0. The molecule has 0 atom stereocenters. The van der Waals surface area contributed by atoms with Gasteiger partial charge in [-0.2, -0.15) is 0 Å². The van der Waals surface area contributed by atoms with Crippen LogP contribution in [-0.4, -0.2) is 37.6 Å². The molecule has 6 nitrogen and oxygen atoms in total. The summed E-state index contributed by atoms with van der Waals surface area (Å²) < 4.78 is 11.2. The van der Waals surface area contributed by atoms with Gasteiger partial charge in [0.25, 0.3) is 0 Å². The molecule has 0 radical (unpaired) electrons. The Bertz CT molecular complexity index is 1040. The van der Waals surface area contributed by atoms with Crippen molar-refractivity contribution >= 4 is 35.7 Å². The minimum Gasteiger partial charge on any atom is -0.465 e. The zero-order valence-electron chi connectivity index (χ0n) is 31.5. The van der Waals surface area contributed by atoms with E-state index in [1.165, 1.54) is 89.9 Å². The van der Waals surface area contributed by atoms with Crippen LogP contribution >= 0.6 is 0 Å². The fourth-order valence-corrected chi connectivity index (χ4v) is 5.22. The molecule has 6 heteroatoms. The number of rotatable bonds is 28. The van der Waals surface area contributed by atoms with Crippen LogP contribution in [-0.2, 0) is 19.1 Å². The van der Waals surface area contributed by atoms with E-state index in [9.17, 15) is 9.59 Å². The van der Waals surface area contributed by atoms with E-state index in [-0.39, 0.29) is 22.8 Å². The molecule has 0 aromatic heterocycles. The quantitative estimate of drug-likeness (QED) is 0.0512. The van der Waals surface area contributed by atoms with Gasteiger partial charge in [-0.3, -0.25) is 19.6 Å². The number of hydrogen-bond acceptors (Lipinski definition) is 6. The fourth-order valence-electron chi connectivity index (χ4n) is 5.22. The van der Waals surface area contributed by atoms with Crippen molar-refractivity contribution in [3.63, 3.8) is 0 Å². The first kappa shape index (κ1) is 42.5. The highest BCUT2D eigenvalue weighted by molar-refractivity contribution is 5.75. The van der Waals surface area contributed by atoms with E-state index < -0.39 is 0 Å². The van der Waals surface area contributed by atoms with Crippen molar-refractivity contribution in [3.05, 3.63) is 23.8 Å². The van der Waals surface area contributed by atoms with Crippen molar-refractivity contribution in [3.8, 4) is 0 Å². The first-order valence-electron chi connectivity index (χ1n) is 19.0. The maximum absolute atomic E-state index is 12.3. The van der Waals surface area contributed by atoms with Crippen molar-refractivity contribution in [2.45, 2.75) is 177 Å². The number of carbonyl (C=O) groups is 2. The summed E-state index contributed by atoms with van der Waals surface area (Å²) in [5, 5.41) is 0. The molecule has 0 aliphatic rings. The molecule has 1 aromatic carbocycles. The lowest BCUT2D eigenvalue weighted by Gasteiger charge is -2.19. The third-order valence-corrected chi connectivity index (χ3v) is 8.49. The molecule has 1 aromatic rings. The number of nitrogens with zero attached hydrogens (tertiary/aromatic N) is 2. The Labute approximate surface area is 289 Å². The normalized spacial score (nSPS) is 12.3. The van der Waals surface area contributed by atoms with E-state index in [1.54, 1.807) is 0 Å². The highest BCUT2D eigenvalue weighted by Gasteiger charge is 2.19. The number of unbranched alkanes of at least 4 members (excludes halogenated alkanes) is 16. The van der Waals surface area contributed by atoms with Crippen LogP contribution in [0.1, 0.15) is 176 Å². The van der Waals surface area contributed by atoms with Gasteiger partial charge in [0.05, 0.1) is 11.4 Å². The lowest BCUT2D eigenvalue weighted by molar-refractivity contribution is -0.146. The van der Waals surface area contributed by atoms with Crippen LogP contribution in [0.4, 0.5) is 11.4 Å². The van der Waals surface area contributed by atoms with Gasteiger partial charge in [-0.15, -0.1) is 0 Å². The molecular weight excluding hydrogens is 584 g/mol. The number of ether oxygens (including phenoxy) is 2. The molecule has 0 aliphatic heterocycles. The van der Waals surface area contributed by atoms with Gasteiger partial charge in [0, 0.05) is 36.1 Å². The zero-order valence-corrected chi connectivity index (χ0v) is 31.5. The van der Waals surface area contributed by atoms with Crippen molar-refractivity contribution in [2.24, 2.45) is 20.8 Å². The van der Waals surface area contributed by atoms with E-state index in [2.05, 4.69) is 18.8 Å². The summed E-state index contributed by atoms with van der Waals surface area (Å²) in [5.74, 6) is -0.253. The van der Waals surface area contributed by atoms with Crippen molar-refractivity contribution in [1.82, 2.24) is 0 Å². The van der Waals surface area contributed by atoms with E-state index >= 15 is 0 Å². The molecular formula is C41H70N2O4. The van der Waals surface area contributed by atoms with Crippen LogP contribution in [0.3, 0.4) is 0 Å². The molecule has 0 unspecified atom stereocenters. The van der Waals surface area contributed by atoms with Crippen LogP contribution in [0.25, 0.3) is 0 Å². The number of esters is 2. The van der Waals surface area contributed by atoms with Gasteiger partial charge in [0.2, 0.25) is 0 Å². The molecule has 0 fully saturated rings. The second-order valence-electron chi connectivity index (χ2n) is 14.9. The maximum atomic E-state index is 12.3. The topological polar surface area (TPSA) is 77.3 Å². The SMILES string of the molecule is CCCCCCCCCCCC(=O)OCC(C)(C)C=Nc1ccc(C)c(N=CC(C)(C)COC(=O)CCCCCCCCCCC)c1. The van der Waals surface area contributed by atoms with Crippen LogP contribution in [0, 0.1) is 17.8 Å². The largest absolute Gasteiger partial charge is 0.465 e. The molecule has 47 heavy (non-hydrogen) atoms. The summed E-state index contributed by atoms with van der Waals surface area (Å²) in [7, 11) is 0. The van der Waals surface area contributed by atoms with Crippen LogP contribution in [0.5, 0.6) is 0 Å². The minimum atomic E-state index is -0.389. The van der Waals surface area contributed by atoms with Crippen LogP contribution < -0.4 is 0 Å². The molecule has 0 heterocycles. The summed E-state index contributed by atoms with van der Waals surface area (Å²) in [6, 6.07) is 5.94. The monoisotopic (exact) mass is 655 g/mol. The third-order valence-electron chi connectivity index (χ3n) is 8.49. The van der Waals surface area contributed by atoms with Gasteiger partial charge >= 0.3 is 11.9 Å². The Morgan fingerprint density at radius 2 is 0.979 bits per heavy atom. The number of aliphatic imine (C=N–C) groups is 2. The van der Waals surface area contributed by atoms with E-state index in [0.717, 1.165) is 42.6 Å². The van der Waals surface area contributed by atoms with Gasteiger partial charge in [0.15, 0.2) is 0 Å². The molecule has 0 bridgehead atoms. The van der Waals surface area contributed by atoms with E-state index in [1.807, 2.05) is 65.2 Å². The standard InChI is InChI=1S/C41H70N2O4/c1-8-10-12-14-16-18-20-22-24-26-38(44)46-33-40(4,5)31-42-36-29-28-35(3)37(30-36)43-32-41(6,7)34-47-39(45)27-25-23-21-19-17-15-13-11-9-2/h28-32H,8-27,33-34H2,1-7H3. The summed E-state index contributed by atoms with van der Waals surface area (Å²) in [4.78, 5) is 34.0. The Balaban J connectivity index is 2.42. The first-order chi connectivity index (χ1) is 22.5. The Kier molecular flexibility index (Phi) is 23.1. The molecule has 1 rings (SSSR count). The third kappa shape index (κ3) is 23.5. The van der Waals surface area contributed by atoms with Gasteiger partial charge in [-0.05, 0) is 37.5 Å². The molecule has 0 aliphatic carbocycles. The van der Waals surface area contributed by atoms with E-state index in [0.29, 0.717) is 26.1 Å². The number of benzene rings is 1. The Morgan fingerprint density at radius 1 is 0.596 bits per heavy atom. The fraction of sp³-hybridized carbons (Fsp3) is 0.756. The van der Waals surface area contributed by atoms with Gasteiger partial charge in [-0.1, -0.05) is 150 Å². The Morgan fingerprint density at radius 3 is 1.40 bits per heavy atom. The average Bonchev–Trinajstić information content (AvgIpc) is 3.04. The summed E-state index contributed by atoms with van der Waals surface area (Å²) in [6.45, 7) is 15.2. The number of aryl methyl sites for hydroxylation is 1. The number of carbonyl (C=O) groups excluding carboxylic acids is 2. The second-order valence-corrected chi connectivity index (χ2v) is 14.9. The molecule has 0 saturated heterocycles. The predicted octanol–water partition coefficient (Wildman–Crippen LogP) is 12.4. The van der Waals surface area contributed by atoms with Gasteiger partial charge < -0.3 is 9.47 Å². The van der Waals surface area contributed by atoms with Gasteiger partial charge in [-0.25, -0.2) is 0 Å². The zero-order chi connectivity index (χ0) is 34.8. The minimum absolute atomic E-state index is 0.126. The molecule has 0 saturated carbocycles. The van der Waals surface area contributed by atoms with Crippen molar-refractivity contribution in [1.29, 1.82) is 0 Å². The van der Waals surface area contributed by atoms with Gasteiger partial charge in [0.1, 0.15) is 13.2 Å². The summed E-state index contributed by atoms with van der Waals surface area (Å²) in [5.41, 5.74) is 1.90. The highest BCUT2D eigenvalue weighted by atomic mass is 16.5. The Hall–Kier alpha value is -2.50. The summed E-state index contributed by atoms with van der Waals surface area (Å²) >= 11 is 0. The number of hydrogen-bond donors (Lipinski definition) is 0. The highest BCUT2D eigenvalue weighted by Crippen LogP contribution is 2.27. The summed E-state index contributed by atoms with van der Waals surface area (Å²) in [6.07, 6.45) is 26.8.